The lowest BCUT2D eigenvalue weighted by Crippen LogP contribution is -2.44. The maximum atomic E-state index is 10.2. The number of halogens is 1. The molecule has 0 radical (unpaired) electrons. The number of hydrogen-bond acceptors (Lipinski definition) is 5. The van der Waals surface area contributed by atoms with Gasteiger partial charge in [-0.05, 0) is 51.8 Å². The average Bonchev–Trinajstić information content (AvgIpc) is 2.65. The van der Waals surface area contributed by atoms with Crippen molar-refractivity contribution < 1.29 is 9.53 Å². The van der Waals surface area contributed by atoms with E-state index >= 15 is 0 Å². The molecular formula is C21H28BrN3O2SSi. The lowest BCUT2D eigenvalue weighted by molar-refractivity contribution is 0.466. The third kappa shape index (κ3) is 6.62. The number of rotatable bonds is 6. The van der Waals surface area contributed by atoms with Crippen LogP contribution in [0.1, 0.15) is 31.9 Å². The number of aromatic hydroxyl groups is 1. The number of benzene rings is 2. The van der Waals surface area contributed by atoms with Crippen LogP contribution < -0.4 is 10.2 Å². The maximum absolute atomic E-state index is 10.2. The Bertz CT molecular complexity index is 897. The van der Waals surface area contributed by atoms with E-state index < -0.39 is 8.32 Å². The molecule has 0 amide bonds. The summed E-state index contributed by atoms with van der Waals surface area (Å²) in [7, 11) is -2.02. The molecule has 0 fully saturated rings. The van der Waals surface area contributed by atoms with E-state index in [1.165, 1.54) is 18.0 Å². The molecule has 5 nitrogen and oxygen atoms in total. The Balaban J connectivity index is 2.13. The first-order valence-corrected chi connectivity index (χ1v) is 13.9. The number of phenols is 1. The van der Waals surface area contributed by atoms with E-state index in [2.05, 4.69) is 60.0 Å². The number of nitrogens with zero attached hydrogens (tertiary/aromatic N) is 2. The second kappa shape index (κ2) is 9.82. The van der Waals surface area contributed by atoms with Gasteiger partial charge in [0.25, 0.3) is 8.32 Å². The molecule has 2 rings (SSSR count). The third-order valence-corrected chi connectivity index (χ3v) is 10.9. The monoisotopic (exact) mass is 493 g/mol. The first kappa shape index (κ1) is 23.5. The van der Waals surface area contributed by atoms with Crippen molar-refractivity contribution in [2.45, 2.75) is 44.7 Å². The lowest BCUT2D eigenvalue weighted by atomic mass is 10.2. The van der Waals surface area contributed by atoms with Crippen molar-refractivity contribution in [2.24, 2.45) is 15.9 Å². The van der Waals surface area contributed by atoms with Crippen molar-refractivity contribution >= 4 is 47.4 Å². The minimum Gasteiger partial charge on any atom is -0.543 e. The Labute approximate surface area is 186 Å². The van der Waals surface area contributed by atoms with E-state index in [-0.39, 0.29) is 10.8 Å². The Morgan fingerprint density at radius 1 is 1.21 bits per heavy atom. The van der Waals surface area contributed by atoms with Gasteiger partial charge in [0.05, 0.1) is 16.3 Å². The number of hydrogen-bond donors (Lipinski definition) is 2. The minimum absolute atomic E-state index is 0.0628. The zero-order chi connectivity index (χ0) is 21.7. The van der Waals surface area contributed by atoms with Crippen LogP contribution >= 0.6 is 27.7 Å². The van der Waals surface area contributed by atoms with E-state index in [0.717, 1.165) is 11.3 Å². The highest BCUT2D eigenvalue weighted by atomic mass is 79.9. The van der Waals surface area contributed by atoms with Gasteiger partial charge in [0, 0.05) is 5.75 Å². The van der Waals surface area contributed by atoms with Gasteiger partial charge in [-0.25, -0.2) is 0 Å². The molecule has 0 spiro atoms. The molecule has 0 saturated heterocycles. The summed E-state index contributed by atoms with van der Waals surface area (Å²) in [5.74, 6) is 1.50. The predicted octanol–water partition coefficient (Wildman–Crippen LogP) is 6.12. The van der Waals surface area contributed by atoms with Gasteiger partial charge in [-0.15, -0.1) is 5.10 Å². The van der Waals surface area contributed by atoms with E-state index in [4.69, 9.17) is 10.2 Å². The van der Waals surface area contributed by atoms with Crippen LogP contribution in [0.2, 0.25) is 18.1 Å². The topological polar surface area (TPSA) is 80.2 Å². The molecule has 2 aromatic carbocycles. The molecule has 0 aliphatic carbocycles. The number of amidine groups is 1. The molecule has 2 aromatic rings. The fourth-order valence-corrected chi connectivity index (χ4v) is 4.40. The first-order chi connectivity index (χ1) is 13.5. The van der Waals surface area contributed by atoms with E-state index in [9.17, 15) is 5.11 Å². The van der Waals surface area contributed by atoms with Crippen molar-refractivity contribution in [3.63, 3.8) is 0 Å². The summed E-state index contributed by atoms with van der Waals surface area (Å²) >= 11 is 4.95. The van der Waals surface area contributed by atoms with Gasteiger partial charge in [0.15, 0.2) is 5.17 Å². The minimum atomic E-state index is -2.02. The molecule has 3 N–H and O–H groups in total. The van der Waals surface area contributed by atoms with Gasteiger partial charge in [-0.3, -0.25) is 0 Å². The second-order valence-corrected chi connectivity index (χ2v) is 14.6. The molecule has 0 aromatic heterocycles. The zero-order valence-electron chi connectivity index (χ0n) is 17.4. The molecule has 0 heterocycles. The summed E-state index contributed by atoms with van der Waals surface area (Å²) < 4.78 is 7.01. The van der Waals surface area contributed by atoms with Crippen LogP contribution in [0, 0.1) is 0 Å². The Morgan fingerprint density at radius 3 is 2.48 bits per heavy atom. The quantitative estimate of drug-likeness (QED) is 0.219. The van der Waals surface area contributed by atoms with Crippen LogP contribution in [0.15, 0.2) is 57.1 Å². The molecular weight excluding hydrogens is 466 g/mol. The molecule has 8 heteroatoms. The number of nitrogens with two attached hydrogens (primary N) is 1. The molecule has 0 saturated carbocycles. The number of phenolic OH excluding ortho intramolecular Hbond substituents is 1. The Morgan fingerprint density at radius 2 is 1.86 bits per heavy atom. The Hall–Kier alpha value is -1.77. The molecule has 0 aliphatic rings. The molecule has 0 atom stereocenters. The number of thioether (sulfide) groups is 1. The fourth-order valence-electron chi connectivity index (χ4n) is 2.10. The van der Waals surface area contributed by atoms with Gasteiger partial charge >= 0.3 is 0 Å². The normalized spacial score (nSPS) is 13.1. The van der Waals surface area contributed by atoms with Gasteiger partial charge in [0.2, 0.25) is 0 Å². The van der Waals surface area contributed by atoms with Crippen LogP contribution in [-0.4, -0.2) is 24.8 Å². The fraction of sp³-hybridized carbons (Fsp3) is 0.333. The van der Waals surface area contributed by atoms with Crippen molar-refractivity contribution in [2.75, 3.05) is 0 Å². The first-order valence-electron chi connectivity index (χ1n) is 9.25. The Kier molecular flexibility index (Phi) is 7.96. The maximum Gasteiger partial charge on any atom is 0.250 e. The van der Waals surface area contributed by atoms with Gasteiger partial charge in [-0.2, -0.15) is 5.10 Å². The summed E-state index contributed by atoms with van der Waals surface area (Å²) in [6.45, 7) is 10.9. The van der Waals surface area contributed by atoms with E-state index in [0.29, 0.717) is 21.0 Å². The highest BCUT2D eigenvalue weighted by Gasteiger charge is 2.39. The lowest BCUT2D eigenvalue weighted by Gasteiger charge is -2.36. The van der Waals surface area contributed by atoms with E-state index in [1.54, 1.807) is 12.1 Å². The van der Waals surface area contributed by atoms with Crippen LogP contribution in [0.3, 0.4) is 0 Å². The van der Waals surface area contributed by atoms with E-state index in [1.807, 2.05) is 30.3 Å². The van der Waals surface area contributed by atoms with Crippen molar-refractivity contribution in [3.05, 3.63) is 58.1 Å². The van der Waals surface area contributed by atoms with Gasteiger partial charge in [-0.1, -0.05) is 62.9 Å². The summed E-state index contributed by atoms with van der Waals surface area (Å²) in [5, 5.41) is 18.7. The molecule has 0 unspecified atom stereocenters. The zero-order valence-corrected chi connectivity index (χ0v) is 20.8. The van der Waals surface area contributed by atoms with Crippen molar-refractivity contribution in [1.29, 1.82) is 0 Å². The average molecular weight is 495 g/mol. The largest absolute Gasteiger partial charge is 0.543 e. The SMILES string of the molecule is CC(C)(C)[Si](C)(C)Oc1ccc(O)c(C=NN=C(N)SCc2ccccc2)c1Br. The third-order valence-electron chi connectivity index (χ3n) is 4.87. The summed E-state index contributed by atoms with van der Waals surface area (Å²) in [4.78, 5) is 0. The molecule has 0 aliphatic heterocycles. The summed E-state index contributed by atoms with van der Waals surface area (Å²) in [6.07, 6.45) is 1.48. The van der Waals surface area contributed by atoms with Gasteiger partial charge in [0.1, 0.15) is 11.5 Å². The summed E-state index contributed by atoms with van der Waals surface area (Å²) in [6, 6.07) is 13.4. The smallest absolute Gasteiger partial charge is 0.250 e. The highest BCUT2D eigenvalue weighted by Crippen LogP contribution is 2.41. The molecule has 29 heavy (non-hydrogen) atoms. The molecule has 156 valence electrons. The predicted molar refractivity (Wildman–Crippen MR) is 131 cm³/mol. The van der Waals surface area contributed by atoms with Crippen LogP contribution in [0.5, 0.6) is 11.5 Å². The van der Waals surface area contributed by atoms with Crippen LogP contribution in [-0.2, 0) is 5.75 Å². The summed E-state index contributed by atoms with van der Waals surface area (Å²) in [5.41, 5.74) is 7.60. The highest BCUT2D eigenvalue weighted by molar-refractivity contribution is 9.10. The second-order valence-electron chi connectivity index (χ2n) is 8.13. The van der Waals surface area contributed by atoms with Crippen LogP contribution in [0.4, 0.5) is 0 Å². The molecule has 0 bridgehead atoms. The van der Waals surface area contributed by atoms with Crippen LogP contribution in [0.25, 0.3) is 0 Å². The van der Waals surface area contributed by atoms with Gasteiger partial charge < -0.3 is 15.3 Å². The van der Waals surface area contributed by atoms with Crippen molar-refractivity contribution in [1.82, 2.24) is 0 Å². The standard InChI is InChI=1S/C21H28BrN3O2SSi/c1-21(2,3)29(4,5)27-18-12-11-17(26)16(19(18)22)13-24-25-20(23)28-14-15-9-7-6-8-10-15/h6-13,26H,14H2,1-5H3,(H2,23,25). The van der Waals surface area contributed by atoms with Crippen molar-refractivity contribution in [3.8, 4) is 11.5 Å².